The van der Waals surface area contributed by atoms with E-state index in [1.54, 1.807) is 0 Å². The third-order valence-electron chi connectivity index (χ3n) is 1.90. The van der Waals surface area contributed by atoms with Gasteiger partial charge >= 0.3 is 12.4 Å². The minimum absolute atomic E-state index is 0.100. The Balaban J connectivity index is 4.69. The number of nitrogens with one attached hydrogen (secondary N) is 1. The minimum Gasteiger partial charge on any atom is -0.391 e. The lowest BCUT2D eigenvalue weighted by Gasteiger charge is -2.22. The first-order valence-corrected chi connectivity index (χ1v) is 4.59. The number of carbonyl (C=O) groups is 1. The molecule has 1 amide bonds. The topological polar surface area (TPSA) is 49.3 Å². The van der Waals surface area contributed by atoms with E-state index >= 15 is 0 Å². The number of rotatable bonds is 4. The van der Waals surface area contributed by atoms with Crippen molar-refractivity contribution in [1.29, 1.82) is 0 Å². The third-order valence-corrected chi connectivity index (χ3v) is 1.90. The SMILES string of the molecule is CCC(O)CNC(=O)C(C(F)(F)F)C(F)(F)F. The van der Waals surface area contributed by atoms with Gasteiger partial charge in [0.2, 0.25) is 11.8 Å². The molecule has 9 heteroatoms. The number of halogens is 6. The summed E-state index contributed by atoms with van der Waals surface area (Å²) in [5, 5.41) is 10.3. The summed E-state index contributed by atoms with van der Waals surface area (Å²) in [6.45, 7) is 0.805. The summed E-state index contributed by atoms with van der Waals surface area (Å²) in [7, 11) is 0. The Hall–Kier alpha value is -0.990. The van der Waals surface area contributed by atoms with Crippen LogP contribution in [0, 0.1) is 5.92 Å². The molecule has 0 heterocycles. The maximum absolute atomic E-state index is 12.0. The van der Waals surface area contributed by atoms with E-state index in [1.165, 1.54) is 12.2 Å². The molecule has 2 N–H and O–H groups in total. The average Bonchev–Trinajstić information content (AvgIpc) is 2.09. The molecule has 3 nitrogen and oxygen atoms in total. The van der Waals surface area contributed by atoms with Crippen molar-refractivity contribution >= 4 is 5.91 Å². The van der Waals surface area contributed by atoms with E-state index in [1.807, 2.05) is 0 Å². The van der Waals surface area contributed by atoms with Crippen molar-refractivity contribution in [3.05, 3.63) is 0 Å². The smallest absolute Gasteiger partial charge is 0.391 e. The Kier molecular flexibility index (Phi) is 5.24. The Morgan fingerprint density at radius 3 is 1.88 bits per heavy atom. The van der Waals surface area contributed by atoms with Crippen LogP contribution in [0.2, 0.25) is 0 Å². The maximum Gasteiger partial charge on any atom is 0.409 e. The molecule has 0 aromatic carbocycles. The summed E-state index contributed by atoms with van der Waals surface area (Å²) in [4.78, 5) is 10.8. The molecule has 1 unspecified atom stereocenters. The molecule has 0 rings (SSSR count). The fraction of sp³-hybridized carbons (Fsp3) is 0.875. The molecule has 0 radical (unpaired) electrons. The van der Waals surface area contributed by atoms with E-state index < -0.39 is 36.8 Å². The van der Waals surface area contributed by atoms with Crippen molar-refractivity contribution in [3.63, 3.8) is 0 Å². The maximum atomic E-state index is 12.0. The molecule has 0 aromatic rings. The van der Waals surface area contributed by atoms with Gasteiger partial charge in [-0.05, 0) is 6.42 Å². The highest BCUT2D eigenvalue weighted by atomic mass is 19.4. The molecule has 102 valence electrons. The highest BCUT2D eigenvalue weighted by molar-refractivity contribution is 5.80. The average molecular weight is 267 g/mol. The van der Waals surface area contributed by atoms with Crippen LogP contribution in [0.1, 0.15) is 13.3 Å². The van der Waals surface area contributed by atoms with Gasteiger partial charge in [0.1, 0.15) is 0 Å². The zero-order valence-electron chi connectivity index (χ0n) is 8.69. The van der Waals surface area contributed by atoms with Crippen LogP contribution in [-0.4, -0.2) is 36.0 Å². The second-order valence-corrected chi connectivity index (χ2v) is 3.32. The standard InChI is InChI=1S/C8H11F6NO2/c1-2-4(16)3-15-6(17)5(7(9,10)11)8(12,13)14/h4-5,16H,2-3H2,1H3,(H,15,17). The van der Waals surface area contributed by atoms with Crippen molar-refractivity contribution in [3.8, 4) is 0 Å². The van der Waals surface area contributed by atoms with Gasteiger partial charge in [0.15, 0.2) is 0 Å². The summed E-state index contributed by atoms with van der Waals surface area (Å²) in [6, 6.07) is 0. The van der Waals surface area contributed by atoms with Gasteiger partial charge in [0, 0.05) is 6.54 Å². The van der Waals surface area contributed by atoms with Gasteiger partial charge in [0.05, 0.1) is 6.10 Å². The van der Waals surface area contributed by atoms with Crippen LogP contribution < -0.4 is 5.32 Å². The highest BCUT2D eigenvalue weighted by Gasteiger charge is 2.61. The fourth-order valence-corrected chi connectivity index (χ4v) is 0.948. The van der Waals surface area contributed by atoms with Crippen LogP contribution in [0.25, 0.3) is 0 Å². The van der Waals surface area contributed by atoms with E-state index in [0.717, 1.165) is 0 Å². The molecule has 0 aliphatic heterocycles. The van der Waals surface area contributed by atoms with E-state index in [2.05, 4.69) is 0 Å². The summed E-state index contributed by atoms with van der Waals surface area (Å²) in [5.41, 5.74) is 0. The number of carbonyl (C=O) groups excluding carboxylic acids is 1. The fourth-order valence-electron chi connectivity index (χ4n) is 0.948. The molecule has 0 fully saturated rings. The molecule has 0 aliphatic carbocycles. The second kappa shape index (κ2) is 5.56. The summed E-state index contributed by atoms with van der Waals surface area (Å²) >= 11 is 0. The van der Waals surface area contributed by atoms with E-state index in [4.69, 9.17) is 5.11 Å². The zero-order chi connectivity index (χ0) is 13.9. The lowest BCUT2D eigenvalue weighted by atomic mass is 10.1. The zero-order valence-corrected chi connectivity index (χ0v) is 8.69. The van der Waals surface area contributed by atoms with Crippen LogP contribution >= 0.6 is 0 Å². The van der Waals surface area contributed by atoms with Gasteiger partial charge in [-0.3, -0.25) is 4.79 Å². The first-order chi connectivity index (χ1) is 7.50. The summed E-state index contributed by atoms with van der Waals surface area (Å²) in [5.74, 6) is -6.28. The monoisotopic (exact) mass is 267 g/mol. The van der Waals surface area contributed by atoms with Gasteiger partial charge in [-0.15, -0.1) is 0 Å². The normalized spacial score (nSPS) is 14.9. The molecule has 0 saturated heterocycles. The summed E-state index contributed by atoms with van der Waals surface area (Å²) < 4.78 is 72.2. The molecular formula is C8H11F6NO2. The van der Waals surface area contributed by atoms with Gasteiger partial charge < -0.3 is 10.4 Å². The number of aliphatic hydroxyl groups excluding tert-OH is 1. The van der Waals surface area contributed by atoms with Crippen LogP contribution in [-0.2, 0) is 4.79 Å². The Morgan fingerprint density at radius 1 is 1.18 bits per heavy atom. The van der Waals surface area contributed by atoms with Gasteiger partial charge in [-0.2, -0.15) is 26.3 Å². The highest BCUT2D eigenvalue weighted by Crippen LogP contribution is 2.39. The minimum atomic E-state index is -5.71. The molecule has 0 aromatic heterocycles. The number of hydrogen-bond donors (Lipinski definition) is 2. The van der Waals surface area contributed by atoms with Gasteiger partial charge in [-0.25, -0.2) is 0 Å². The molecular weight excluding hydrogens is 256 g/mol. The van der Waals surface area contributed by atoms with Crippen molar-refractivity contribution < 1.29 is 36.2 Å². The number of alkyl halides is 6. The number of hydrogen-bond acceptors (Lipinski definition) is 2. The second-order valence-electron chi connectivity index (χ2n) is 3.32. The Labute approximate surface area is 92.8 Å². The van der Waals surface area contributed by atoms with Crippen molar-refractivity contribution in [2.75, 3.05) is 6.54 Å². The van der Waals surface area contributed by atoms with Crippen molar-refractivity contribution in [2.24, 2.45) is 5.92 Å². The first-order valence-electron chi connectivity index (χ1n) is 4.59. The van der Waals surface area contributed by atoms with Crippen molar-refractivity contribution in [1.82, 2.24) is 5.32 Å². The molecule has 17 heavy (non-hydrogen) atoms. The lowest BCUT2D eigenvalue weighted by Crippen LogP contribution is -2.49. The molecule has 0 saturated carbocycles. The molecule has 0 bridgehead atoms. The van der Waals surface area contributed by atoms with Gasteiger partial charge in [-0.1, -0.05) is 6.92 Å². The van der Waals surface area contributed by atoms with E-state index in [-0.39, 0.29) is 6.42 Å². The van der Waals surface area contributed by atoms with Crippen LogP contribution in [0.5, 0.6) is 0 Å². The summed E-state index contributed by atoms with van der Waals surface area (Å²) in [6.07, 6.45) is -12.5. The quantitative estimate of drug-likeness (QED) is 0.760. The third kappa shape index (κ3) is 5.24. The van der Waals surface area contributed by atoms with Crippen LogP contribution in [0.3, 0.4) is 0 Å². The predicted molar refractivity (Wildman–Crippen MR) is 44.9 cm³/mol. The first kappa shape index (κ1) is 16.0. The van der Waals surface area contributed by atoms with Crippen LogP contribution in [0.4, 0.5) is 26.3 Å². The Morgan fingerprint density at radius 2 is 1.59 bits per heavy atom. The van der Waals surface area contributed by atoms with Gasteiger partial charge in [0.25, 0.3) is 0 Å². The van der Waals surface area contributed by atoms with E-state index in [0.29, 0.717) is 0 Å². The number of aliphatic hydroxyl groups is 1. The van der Waals surface area contributed by atoms with E-state index in [9.17, 15) is 31.1 Å². The molecule has 0 spiro atoms. The van der Waals surface area contributed by atoms with Crippen LogP contribution in [0.15, 0.2) is 0 Å². The van der Waals surface area contributed by atoms with Crippen molar-refractivity contribution in [2.45, 2.75) is 31.8 Å². The lowest BCUT2D eigenvalue weighted by molar-refractivity contribution is -0.274. The molecule has 0 aliphatic rings. The predicted octanol–water partition coefficient (Wildman–Crippen LogP) is 1.61. The molecule has 1 atom stereocenters. The largest absolute Gasteiger partial charge is 0.409 e. The Bertz CT molecular complexity index is 248. The number of amides is 1.